The third-order valence-corrected chi connectivity index (χ3v) is 5.03. The van der Waals surface area contributed by atoms with Gasteiger partial charge in [0.15, 0.2) is 17.5 Å². The minimum atomic E-state index is 0. The fraction of sp³-hybridized carbons (Fsp3) is 0.385. The fourth-order valence-corrected chi connectivity index (χ4v) is 3.48. The number of nitrogens with zero attached hydrogens (tertiary/aromatic N) is 3. The van der Waals surface area contributed by atoms with Gasteiger partial charge in [-0.1, -0.05) is 36.4 Å². The van der Waals surface area contributed by atoms with Gasteiger partial charge in [0.05, 0.1) is 13.2 Å². The highest BCUT2D eigenvalue weighted by molar-refractivity contribution is 14.0. The van der Waals surface area contributed by atoms with Gasteiger partial charge >= 0.3 is 0 Å². The Morgan fingerprint density at radius 1 is 0.941 bits per heavy atom. The van der Waals surface area contributed by atoms with Crippen LogP contribution in [0.25, 0.3) is 0 Å². The molecule has 0 aliphatic rings. The summed E-state index contributed by atoms with van der Waals surface area (Å²) in [5, 5.41) is 6.74. The molecule has 8 heteroatoms. The molecule has 0 aliphatic carbocycles. The Morgan fingerprint density at radius 3 is 2.44 bits per heavy atom. The van der Waals surface area contributed by atoms with E-state index in [0.29, 0.717) is 19.8 Å². The maximum absolute atomic E-state index is 5.74. The SMILES string of the molecule is CCNC(=NCc1nccn1Cc1ccccc1)NCCc1ccc(OCC)c(OCC)c1.I. The van der Waals surface area contributed by atoms with Crippen LogP contribution in [-0.4, -0.2) is 41.8 Å². The fourth-order valence-electron chi connectivity index (χ4n) is 3.48. The van der Waals surface area contributed by atoms with E-state index >= 15 is 0 Å². The number of halogens is 1. The minimum Gasteiger partial charge on any atom is -0.490 e. The van der Waals surface area contributed by atoms with Crippen molar-refractivity contribution in [3.8, 4) is 11.5 Å². The molecule has 1 aromatic heterocycles. The number of benzene rings is 2. The molecule has 34 heavy (non-hydrogen) atoms. The van der Waals surface area contributed by atoms with E-state index in [-0.39, 0.29) is 24.0 Å². The molecule has 3 aromatic rings. The lowest BCUT2D eigenvalue weighted by atomic mass is 10.1. The second-order valence-corrected chi connectivity index (χ2v) is 7.48. The van der Waals surface area contributed by atoms with Crippen LogP contribution in [0.2, 0.25) is 0 Å². The highest BCUT2D eigenvalue weighted by Gasteiger charge is 2.07. The third-order valence-electron chi connectivity index (χ3n) is 5.03. The van der Waals surface area contributed by atoms with Gasteiger partial charge in [-0.15, -0.1) is 24.0 Å². The van der Waals surface area contributed by atoms with Gasteiger partial charge in [0.1, 0.15) is 12.4 Å². The second-order valence-electron chi connectivity index (χ2n) is 7.48. The number of hydrogen-bond acceptors (Lipinski definition) is 4. The van der Waals surface area contributed by atoms with Crippen molar-refractivity contribution in [2.45, 2.75) is 40.3 Å². The van der Waals surface area contributed by atoms with Crippen LogP contribution in [0.3, 0.4) is 0 Å². The summed E-state index contributed by atoms with van der Waals surface area (Å²) >= 11 is 0. The summed E-state index contributed by atoms with van der Waals surface area (Å²) in [6.07, 6.45) is 4.68. The van der Waals surface area contributed by atoms with Crippen LogP contribution < -0.4 is 20.1 Å². The van der Waals surface area contributed by atoms with Gasteiger partial charge in [0.2, 0.25) is 0 Å². The quantitative estimate of drug-likeness (QED) is 0.187. The van der Waals surface area contributed by atoms with Crippen molar-refractivity contribution in [2.24, 2.45) is 4.99 Å². The van der Waals surface area contributed by atoms with Gasteiger partial charge in [-0.2, -0.15) is 0 Å². The van der Waals surface area contributed by atoms with Crippen LogP contribution in [0.4, 0.5) is 0 Å². The first-order valence-corrected chi connectivity index (χ1v) is 11.7. The predicted octanol–water partition coefficient (Wildman–Crippen LogP) is 4.64. The molecule has 0 unspecified atom stereocenters. The van der Waals surface area contributed by atoms with E-state index < -0.39 is 0 Å². The van der Waals surface area contributed by atoms with Crippen LogP contribution in [0.5, 0.6) is 11.5 Å². The number of guanidine groups is 1. The molecule has 0 saturated carbocycles. The summed E-state index contributed by atoms with van der Waals surface area (Å²) in [6.45, 7) is 10.1. The van der Waals surface area contributed by atoms with Crippen LogP contribution in [0.1, 0.15) is 37.7 Å². The monoisotopic (exact) mass is 577 g/mol. The highest BCUT2D eigenvalue weighted by atomic mass is 127. The van der Waals surface area contributed by atoms with Crippen LogP contribution in [0.15, 0.2) is 65.9 Å². The molecular formula is C26H36IN5O2. The van der Waals surface area contributed by atoms with Crippen LogP contribution >= 0.6 is 24.0 Å². The zero-order valence-corrected chi connectivity index (χ0v) is 22.6. The Balaban J connectivity index is 0.00000408. The lowest BCUT2D eigenvalue weighted by molar-refractivity contribution is 0.287. The Hall–Kier alpha value is -2.75. The van der Waals surface area contributed by atoms with Gasteiger partial charge in [-0.05, 0) is 50.5 Å². The van der Waals surface area contributed by atoms with Gasteiger partial charge in [0.25, 0.3) is 0 Å². The molecule has 3 rings (SSSR count). The minimum absolute atomic E-state index is 0. The second kappa shape index (κ2) is 15.2. The summed E-state index contributed by atoms with van der Waals surface area (Å²) in [4.78, 5) is 9.24. The number of ether oxygens (including phenoxy) is 2. The van der Waals surface area contributed by atoms with Crippen molar-refractivity contribution < 1.29 is 9.47 Å². The molecule has 2 aromatic carbocycles. The molecular weight excluding hydrogens is 541 g/mol. The number of aliphatic imine (C=N–C) groups is 1. The van der Waals surface area contributed by atoms with E-state index in [1.165, 1.54) is 11.1 Å². The molecule has 0 aliphatic heterocycles. The molecule has 2 N–H and O–H groups in total. The van der Waals surface area contributed by atoms with Crippen LogP contribution in [-0.2, 0) is 19.5 Å². The molecule has 0 saturated heterocycles. The van der Waals surface area contributed by atoms with E-state index in [9.17, 15) is 0 Å². The predicted molar refractivity (Wildman–Crippen MR) is 148 cm³/mol. The van der Waals surface area contributed by atoms with Gasteiger partial charge in [0, 0.05) is 32.0 Å². The lowest BCUT2D eigenvalue weighted by Gasteiger charge is -2.14. The van der Waals surface area contributed by atoms with E-state index in [1.807, 2.05) is 38.4 Å². The smallest absolute Gasteiger partial charge is 0.191 e. The first kappa shape index (κ1) is 27.5. The topological polar surface area (TPSA) is 72.7 Å². The summed E-state index contributed by atoms with van der Waals surface area (Å²) in [5.41, 5.74) is 2.43. The molecule has 0 fully saturated rings. The molecule has 184 valence electrons. The van der Waals surface area contributed by atoms with E-state index in [1.54, 1.807) is 0 Å². The normalized spacial score (nSPS) is 11.0. The molecule has 0 bridgehead atoms. The Kier molecular flexibility index (Phi) is 12.3. The van der Waals surface area contributed by atoms with E-state index in [2.05, 4.69) is 63.5 Å². The number of imidazole rings is 1. The average molecular weight is 578 g/mol. The largest absolute Gasteiger partial charge is 0.490 e. The standard InChI is InChI=1S/C26H35N5O2.HI/c1-4-27-26(29-15-14-21-12-13-23(32-5-2)24(18-21)33-6-3)30-19-25-28-16-17-31(25)20-22-10-8-7-9-11-22;/h7-13,16-18H,4-6,14-15,19-20H2,1-3H3,(H2,27,29,30);1H. The molecule has 0 spiro atoms. The first-order valence-electron chi connectivity index (χ1n) is 11.7. The molecule has 0 atom stereocenters. The summed E-state index contributed by atoms with van der Waals surface area (Å²) in [6, 6.07) is 16.5. The zero-order valence-electron chi connectivity index (χ0n) is 20.3. The first-order chi connectivity index (χ1) is 16.2. The summed E-state index contributed by atoms with van der Waals surface area (Å²) in [5.74, 6) is 3.30. The Morgan fingerprint density at radius 2 is 1.71 bits per heavy atom. The summed E-state index contributed by atoms with van der Waals surface area (Å²) in [7, 11) is 0. The average Bonchev–Trinajstić information content (AvgIpc) is 3.27. The maximum atomic E-state index is 5.74. The van der Waals surface area contributed by atoms with Crippen molar-refractivity contribution in [3.05, 3.63) is 77.9 Å². The van der Waals surface area contributed by atoms with Gasteiger partial charge in [-0.3, -0.25) is 0 Å². The summed E-state index contributed by atoms with van der Waals surface area (Å²) < 4.78 is 13.5. The van der Waals surface area contributed by atoms with Crippen molar-refractivity contribution in [3.63, 3.8) is 0 Å². The third kappa shape index (κ3) is 8.55. The molecule has 0 amide bonds. The van der Waals surface area contributed by atoms with Crippen molar-refractivity contribution in [1.82, 2.24) is 20.2 Å². The number of rotatable bonds is 12. The van der Waals surface area contributed by atoms with Crippen molar-refractivity contribution >= 4 is 29.9 Å². The molecule has 1 heterocycles. The van der Waals surface area contributed by atoms with E-state index in [0.717, 1.165) is 49.3 Å². The van der Waals surface area contributed by atoms with Crippen molar-refractivity contribution in [2.75, 3.05) is 26.3 Å². The van der Waals surface area contributed by atoms with Gasteiger partial charge in [-0.25, -0.2) is 9.98 Å². The highest BCUT2D eigenvalue weighted by Crippen LogP contribution is 2.28. The van der Waals surface area contributed by atoms with E-state index in [4.69, 9.17) is 14.5 Å². The van der Waals surface area contributed by atoms with Crippen LogP contribution in [0, 0.1) is 0 Å². The maximum Gasteiger partial charge on any atom is 0.191 e. The Labute approximate surface area is 220 Å². The number of nitrogens with one attached hydrogen (secondary N) is 2. The number of hydrogen-bond donors (Lipinski definition) is 2. The number of aromatic nitrogens is 2. The Bertz CT molecular complexity index is 1010. The van der Waals surface area contributed by atoms with Gasteiger partial charge < -0.3 is 24.7 Å². The zero-order chi connectivity index (χ0) is 23.3. The molecule has 7 nitrogen and oxygen atoms in total. The molecule has 0 radical (unpaired) electrons. The van der Waals surface area contributed by atoms with Crippen molar-refractivity contribution in [1.29, 1.82) is 0 Å². The lowest BCUT2D eigenvalue weighted by Crippen LogP contribution is -2.38.